The molecule has 1 saturated carbocycles. The molecular weight excluding hydrogens is 238 g/mol. The number of sulfonamides is 1. The van der Waals surface area contributed by atoms with Gasteiger partial charge in [0.15, 0.2) is 0 Å². The molecule has 0 bridgehead atoms. The first-order valence-corrected chi connectivity index (χ1v) is 8.17. The van der Waals surface area contributed by atoms with Crippen LogP contribution in [0.3, 0.4) is 0 Å². The summed E-state index contributed by atoms with van der Waals surface area (Å²) in [5.74, 6) is 0.226. The molecule has 0 radical (unpaired) electrons. The van der Waals surface area contributed by atoms with Crippen LogP contribution in [-0.4, -0.2) is 68.7 Å². The fourth-order valence-corrected chi connectivity index (χ4v) is 3.67. The fraction of sp³-hybridized carbons (Fsp3) is 1.00. The summed E-state index contributed by atoms with van der Waals surface area (Å²) >= 11 is 0. The minimum Gasteiger partial charge on any atom is -0.316 e. The number of piperazine rings is 1. The molecule has 2 rings (SSSR count). The van der Waals surface area contributed by atoms with Crippen molar-refractivity contribution in [3.63, 3.8) is 0 Å². The molecule has 0 spiro atoms. The van der Waals surface area contributed by atoms with Gasteiger partial charge in [-0.3, -0.25) is 4.90 Å². The summed E-state index contributed by atoms with van der Waals surface area (Å²) in [6, 6.07) is 0.751. The lowest BCUT2D eigenvalue weighted by Crippen LogP contribution is -2.50. The van der Waals surface area contributed by atoms with Crippen molar-refractivity contribution in [3.05, 3.63) is 0 Å². The first-order chi connectivity index (χ1) is 8.13. The molecule has 1 aliphatic heterocycles. The van der Waals surface area contributed by atoms with Gasteiger partial charge < -0.3 is 5.32 Å². The second-order valence-corrected chi connectivity index (χ2v) is 6.92. The summed E-state index contributed by atoms with van der Waals surface area (Å²) in [5.41, 5.74) is 0. The van der Waals surface area contributed by atoms with Gasteiger partial charge in [0.05, 0.1) is 5.75 Å². The highest BCUT2D eigenvalue weighted by Gasteiger charge is 2.33. The lowest BCUT2D eigenvalue weighted by Gasteiger charge is -2.34. The molecule has 17 heavy (non-hydrogen) atoms. The number of rotatable bonds is 6. The summed E-state index contributed by atoms with van der Waals surface area (Å²) in [5, 5.41) is 3.06. The van der Waals surface area contributed by atoms with Crippen LogP contribution in [0.15, 0.2) is 0 Å². The Morgan fingerprint density at radius 2 is 1.82 bits per heavy atom. The summed E-state index contributed by atoms with van der Waals surface area (Å²) in [6.45, 7) is 6.53. The van der Waals surface area contributed by atoms with E-state index in [0.29, 0.717) is 19.6 Å². The van der Waals surface area contributed by atoms with Crippen LogP contribution in [0.2, 0.25) is 0 Å². The Kier molecular flexibility index (Phi) is 4.41. The van der Waals surface area contributed by atoms with E-state index in [0.717, 1.165) is 25.7 Å². The molecule has 2 fully saturated rings. The highest BCUT2D eigenvalue weighted by atomic mass is 32.2. The minimum atomic E-state index is -3.04. The molecule has 1 saturated heterocycles. The van der Waals surface area contributed by atoms with E-state index in [1.54, 1.807) is 4.31 Å². The van der Waals surface area contributed by atoms with Crippen molar-refractivity contribution < 1.29 is 8.42 Å². The number of nitrogens with zero attached hydrogens (tertiary/aromatic N) is 2. The highest BCUT2D eigenvalue weighted by Crippen LogP contribution is 2.27. The smallest absolute Gasteiger partial charge is 0.215 e. The van der Waals surface area contributed by atoms with E-state index in [1.807, 2.05) is 6.92 Å². The lowest BCUT2D eigenvalue weighted by atomic mass is 10.3. The van der Waals surface area contributed by atoms with Crippen molar-refractivity contribution in [3.8, 4) is 0 Å². The third-order valence-electron chi connectivity index (χ3n) is 3.52. The molecular formula is C11H23N3O2S. The summed E-state index contributed by atoms with van der Waals surface area (Å²) in [6.07, 6.45) is 2.60. The Balaban J connectivity index is 1.77. The summed E-state index contributed by atoms with van der Waals surface area (Å²) < 4.78 is 25.7. The number of hydrogen-bond donors (Lipinski definition) is 1. The molecule has 100 valence electrons. The zero-order valence-electron chi connectivity index (χ0n) is 10.6. The maximum Gasteiger partial charge on any atom is 0.215 e. The Hall–Kier alpha value is -0.170. The minimum absolute atomic E-state index is 0.226. The molecule has 0 aromatic carbocycles. The molecule has 0 atom stereocenters. The maximum absolute atomic E-state index is 12.0. The van der Waals surface area contributed by atoms with Gasteiger partial charge in [0, 0.05) is 38.8 Å². The van der Waals surface area contributed by atoms with Gasteiger partial charge in [0.25, 0.3) is 0 Å². The predicted octanol–water partition coefficient (Wildman–Crippen LogP) is -0.294. The Bertz CT molecular complexity index is 333. The van der Waals surface area contributed by atoms with Gasteiger partial charge in [-0.15, -0.1) is 0 Å². The molecule has 6 heteroatoms. The third kappa shape index (κ3) is 3.64. The number of hydrogen-bond acceptors (Lipinski definition) is 4. The van der Waals surface area contributed by atoms with Gasteiger partial charge >= 0.3 is 0 Å². The summed E-state index contributed by atoms with van der Waals surface area (Å²) in [7, 11) is -3.04. The van der Waals surface area contributed by atoms with E-state index < -0.39 is 10.0 Å². The maximum atomic E-state index is 12.0. The van der Waals surface area contributed by atoms with Crippen LogP contribution in [0.25, 0.3) is 0 Å². The Labute approximate surface area is 104 Å². The van der Waals surface area contributed by atoms with Gasteiger partial charge in [0.1, 0.15) is 0 Å². The van der Waals surface area contributed by atoms with Crippen molar-refractivity contribution in [2.24, 2.45) is 0 Å². The molecule has 2 aliphatic rings. The van der Waals surface area contributed by atoms with Crippen molar-refractivity contribution in [2.75, 3.05) is 45.0 Å². The van der Waals surface area contributed by atoms with Crippen LogP contribution in [-0.2, 0) is 10.0 Å². The monoisotopic (exact) mass is 261 g/mol. The average molecular weight is 261 g/mol. The van der Waals surface area contributed by atoms with E-state index >= 15 is 0 Å². The molecule has 0 aromatic rings. The van der Waals surface area contributed by atoms with Gasteiger partial charge in [-0.1, -0.05) is 6.92 Å². The summed E-state index contributed by atoms with van der Waals surface area (Å²) in [4.78, 5) is 2.43. The molecule has 0 amide bonds. The Morgan fingerprint density at radius 3 is 2.35 bits per heavy atom. The second kappa shape index (κ2) is 5.65. The standard InChI is InChI=1S/C11H23N3O2S/c1-2-12-5-10-17(15,16)14-8-6-13(7-9-14)11-3-4-11/h11-12H,2-10H2,1H3. The molecule has 1 heterocycles. The van der Waals surface area contributed by atoms with Gasteiger partial charge in [-0.25, -0.2) is 8.42 Å². The van der Waals surface area contributed by atoms with E-state index in [1.165, 1.54) is 12.8 Å². The van der Waals surface area contributed by atoms with E-state index in [4.69, 9.17) is 0 Å². The second-order valence-electron chi connectivity index (χ2n) is 4.84. The molecule has 5 nitrogen and oxygen atoms in total. The van der Waals surface area contributed by atoms with Gasteiger partial charge in [0.2, 0.25) is 10.0 Å². The van der Waals surface area contributed by atoms with Gasteiger partial charge in [-0.2, -0.15) is 4.31 Å². The zero-order chi connectivity index (χ0) is 12.3. The van der Waals surface area contributed by atoms with Crippen LogP contribution >= 0.6 is 0 Å². The molecule has 0 aromatic heterocycles. The quantitative estimate of drug-likeness (QED) is 0.667. The van der Waals surface area contributed by atoms with Crippen LogP contribution in [0.5, 0.6) is 0 Å². The Morgan fingerprint density at radius 1 is 1.18 bits per heavy atom. The van der Waals surface area contributed by atoms with E-state index in [9.17, 15) is 8.42 Å². The largest absolute Gasteiger partial charge is 0.316 e. The van der Waals surface area contributed by atoms with Crippen molar-refractivity contribution in [2.45, 2.75) is 25.8 Å². The topological polar surface area (TPSA) is 52.7 Å². The molecule has 0 unspecified atom stereocenters. The van der Waals surface area contributed by atoms with E-state index in [2.05, 4.69) is 10.2 Å². The average Bonchev–Trinajstić information content (AvgIpc) is 3.13. The van der Waals surface area contributed by atoms with Crippen molar-refractivity contribution in [1.29, 1.82) is 0 Å². The highest BCUT2D eigenvalue weighted by molar-refractivity contribution is 7.89. The van der Waals surface area contributed by atoms with Crippen LogP contribution in [0.1, 0.15) is 19.8 Å². The van der Waals surface area contributed by atoms with Crippen molar-refractivity contribution in [1.82, 2.24) is 14.5 Å². The SMILES string of the molecule is CCNCCS(=O)(=O)N1CCN(C2CC2)CC1. The van der Waals surface area contributed by atoms with Crippen LogP contribution < -0.4 is 5.32 Å². The van der Waals surface area contributed by atoms with E-state index in [-0.39, 0.29) is 5.75 Å². The fourth-order valence-electron chi connectivity index (χ4n) is 2.29. The normalized spacial score (nSPS) is 24.1. The third-order valence-corrected chi connectivity index (χ3v) is 5.39. The number of nitrogens with one attached hydrogen (secondary N) is 1. The molecule has 1 N–H and O–H groups in total. The van der Waals surface area contributed by atoms with Crippen LogP contribution in [0, 0.1) is 0 Å². The first kappa shape index (κ1) is 13.3. The van der Waals surface area contributed by atoms with Crippen molar-refractivity contribution >= 4 is 10.0 Å². The molecule has 1 aliphatic carbocycles. The lowest BCUT2D eigenvalue weighted by molar-refractivity contribution is 0.180. The predicted molar refractivity (Wildman–Crippen MR) is 68.5 cm³/mol. The zero-order valence-corrected chi connectivity index (χ0v) is 11.4. The van der Waals surface area contributed by atoms with Gasteiger partial charge in [-0.05, 0) is 19.4 Å². The first-order valence-electron chi connectivity index (χ1n) is 6.56. The van der Waals surface area contributed by atoms with Crippen LogP contribution in [0.4, 0.5) is 0 Å².